The zero-order valence-electron chi connectivity index (χ0n) is 12.7. The standard InChI is InChI=1S/C16H23BrN2O2/c1-11-5-6-12(2)19(11)13-4-3-9-18(10-13)16(20)14-7-8-15(17)21-14/h7-8,11-13H,3-6,9-10H2,1-2H3/t11-,12+,13-/m1/s1. The van der Waals surface area contributed by atoms with E-state index in [-0.39, 0.29) is 5.91 Å². The highest BCUT2D eigenvalue weighted by Crippen LogP contribution is 2.30. The first kappa shape index (κ1) is 15.1. The highest BCUT2D eigenvalue weighted by Gasteiger charge is 2.36. The highest BCUT2D eigenvalue weighted by atomic mass is 79.9. The molecule has 3 heterocycles. The van der Waals surface area contributed by atoms with Gasteiger partial charge in [-0.15, -0.1) is 0 Å². The minimum absolute atomic E-state index is 0.0184. The third-order valence-electron chi connectivity index (χ3n) is 4.91. The van der Waals surface area contributed by atoms with E-state index in [0.717, 1.165) is 19.5 Å². The fourth-order valence-corrected chi connectivity index (χ4v) is 4.21. The molecule has 2 saturated heterocycles. The number of furan rings is 1. The Hall–Kier alpha value is -0.810. The van der Waals surface area contributed by atoms with E-state index in [2.05, 4.69) is 34.7 Å². The molecular weight excluding hydrogens is 332 g/mol. The van der Waals surface area contributed by atoms with Crippen molar-refractivity contribution in [3.63, 3.8) is 0 Å². The molecule has 2 aliphatic heterocycles. The fraction of sp³-hybridized carbons (Fsp3) is 0.688. The molecule has 0 saturated carbocycles. The van der Waals surface area contributed by atoms with Gasteiger partial charge in [-0.3, -0.25) is 9.69 Å². The fourth-order valence-electron chi connectivity index (χ4n) is 3.90. The first-order valence-electron chi connectivity index (χ1n) is 7.88. The van der Waals surface area contributed by atoms with Crippen LogP contribution in [0.4, 0.5) is 0 Å². The molecule has 2 aliphatic rings. The van der Waals surface area contributed by atoms with E-state index in [1.165, 1.54) is 19.3 Å². The number of amides is 1. The molecule has 21 heavy (non-hydrogen) atoms. The van der Waals surface area contributed by atoms with Gasteiger partial charge in [0.15, 0.2) is 10.4 Å². The third-order valence-corrected chi connectivity index (χ3v) is 5.34. The SMILES string of the molecule is C[C@@H]1CC[C@H](C)N1[C@@H]1CCCN(C(=O)c2ccc(Br)o2)C1. The number of piperidine rings is 1. The monoisotopic (exact) mass is 354 g/mol. The zero-order chi connectivity index (χ0) is 15.0. The van der Waals surface area contributed by atoms with Gasteiger partial charge in [0.05, 0.1) is 0 Å². The molecule has 0 unspecified atom stereocenters. The quantitative estimate of drug-likeness (QED) is 0.815. The summed E-state index contributed by atoms with van der Waals surface area (Å²) in [6.45, 7) is 6.29. The molecule has 5 heteroatoms. The van der Waals surface area contributed by atoms with Crippen LogP contribution in [0.2, 0.25) is 0 Å². The summed E-state index contributed by atoms with van der Waals surface area (Å²) >= 11 is 3.26. The molecule has 0 N–H and O–H groups in total. The second-order valence-corrected chi connectivity index (χ2v) is 7.16. The van der Waals surface area contributed by atoms with E-state index >= 15 is 0 Å². The molecule has 3 rings (SSSR count). The summed E-state index contributed by atoms with van der Waals surface area (Å²) in [5.41, 5.74) is 0. The van der Waals surface area contributed by atoms with Crippen LogP contribution < -0.4 is 0 Å². The molecule has 1 aromatic heterocycles. The summed E-state index contributed by atoms with van der Waals surface area (Å²) < 4.78 is 6.03. The van der Waals surface area contributed by atoms with Crippen LogP contribution in [0.15, 0.2) is 21.2 Å². The van der Waals surface area contributed by atoms with Crippen LogP contribution in [0.5, 0.6) is 0 Å². The summed E-state index contributed by atoms with van der Waals surface area (Å²) in [6, 6.07) is 5.29. The van der Waals surface area contributed by atoms with Gasteiger partial charge in [0.2, 0.25) is 0 Å². The number of rotatable bonds is 2. The second kappa shape index (κ2) is 6.13. The minimum Gasteiger partial charge on any atom is -0.444 e. The van der Waals surface area contributed by atoms with Gasteiger partial charge in [-0.1, -0.05) is 0 Å². The maximum absolute atomic E-state index is 12.5. The molecule has 3 atom stereocenters. The van der Waals surface area contributed by atoms with Crippen molar-refractivity contribution < 1.29 is 9.21 Å². The topological polar surface area (TPSA) is 36.7 Å². The van der Waals surface area contributed by atoms with Crippen LogP contribution in [0.3, 0.4) is 0 Å². The van der Waals surface area contributed by atoms with Gasteiger partial charge in [0.25, 0.3) is 5.91 Å². The van der Waals surface area contributed by atoms with Crippen LogP contribution >= 0.6 is 15.9 Å². The predicted molar refractivity (Wildman–Crippen MR) is 85.3 cm³/mol. The van der Waals surface area contributed by atoms with Crippen LogP contribution in [0.25, 0.3) is 0 Å². The van der Waals surface area contributed by atoms with E-state index in [1.54, 1.807) is 12.1 Å². The van der Waals surface area contributed by atoms with Gasteiger partial charge < -0.3 is 9.32 Å². The Morgan fingerprint density at radius 1 is 1.24 bits per heavy atom. The Balaban J connectivity index is 1.69. The lowest BCUT2D eigenvalue weighted by atomic mass is 10.0. The number of carbonyl (C=O) groups is 1. The lowest BCUT2D eigenvalue weighted by Gasteiger charge is -2.41. The maximum atomic E-state index is 12.5. The number of halogens is 1. The molecule has 0 radical (unpaired) electrons. The van der Waals surface area contributed by atoms with Crippen molar-refractivity contribution in [2.24, 2.45) is 0 Å². The van der Waals surface area contributed by atoms with E-state index in [1.807, 2.05) is 4.90 Å². The summed E-state index contributed by atoms with van der Waals surface area (Å²) in [5.74, 6) is 0.454. The van der Waals surface area contributed by atoms with Crippen molar-refractivity contribution >= 4 is 21.8 Å². The number of carbonyl (C=O) groups excluding carboxylic acids is 1. The summed E-state index contributed by atoms with van der Waals surface area (Å²) in [6.07, 6.45) is 4.82. The summed E-state index contributed by atoms with van der Waals surface area (Å²) in [7, 11) is 0. The molecule has 0 spiro atoms. The van der Waals surface area contributed by atoms with E-state index in [9.17, 15) is 4.79 Å². The number of hydrogen-bond donors (Lipinski definition) is 0. The van der Waals surface area contributed by atoms with Gasteiger partial charge in [-0.25, -0.2) is 0 Å². The van der Waals surface area contributed by atoms with Crippen LogP contribution in [0, 0.1) is 0 Å². The Morgan fingerprint density at radius 2 is 1.95 bits per heavy atom. The third kappa shape index (κ3) is 3.04. The van der Waals surface area contributed by atoms with E-state index in [4.69, 9.17) is 4.42 Å². The number of nitrogens with zero attached hydrogens (tertiary/aromatic N) is 2. The molecule has 0 aliphatic carbocycles. The molecular formula is C16H23BrN2O2. The molecule has 0 aromatic carbocycles. The largest absolute Gasteiger partial charge is 0.444 e. The molecule has 1 amide bonds. The predicted octanol–water partition coefficient (Wildman–Crippen LogP) is 3.52. The van der Waals surface area contributed by atoms with E-state index < -0.39 is 0 Å². The van der Waals surface area contributed by atoms with Crippen molar-refractivity contribution in [2.75, 3.05) is 13.1 Å². The van der Waals surface area contributed by atoms with Crippen LogP contribution in [-0.4, -0.2) is 46.9 Å². The number of likely N-dealkylation sites (tertiary alicyclic amines) is 2. The first-order chi connectivity index (χ1) is 10.1. The van der Waals surface area contributed by atoms with Crippen molar-refractivity contribution in [3.05, 3.63) is 22.6 Å². The lowest BCUT2D eigenvalue weighted by molar-refractivity contribution is 0.0462. The molecule has 0 bridgehead atoms. The van der Waals surface area contributed by atoms with Crippen LogP contribution in [-0.2, 0) is 0 Å². The Labute approximate surface area is 134 Å². The van der Waals surface area contributed by atoms with E-state index in [0.29, 0.717) is 28.6 Å². The maximum Gasteiger partial charge on any atom is 0.289 e. The van der Waals surface area contributed by atoms with Gasteiger partial charge in [0, 0.05) is 31.2 Å². The smallest absolute Gasteiger partial charge is 0.289 e. The molecule has 4 nitrogen and oxygen atoms in total. The van der Waals surface area contributed by atoms with Crippen molar-refractivity contribution in [2.45, 2.75) is 57.7 Å². The molecule has 1 aromatic rings. The van der Waals surface area contributed by atoms with Crippen LogP contribution in [0.1, 0.15) is 50.1 Å². The first-order valence-corrected chi connectivity index (χ1v) is 8.67. The summed E-state index contributed by atoms with van der Waals surface area (Å²) in [4.78, 5) is 17.1. The van der Waals surface area contributed by atoms with Crippen molar-refractivity contribution in [3.8, 4) is 0 Å². The van der Waals surface area contributed by atoms with Crippen molar-refractivity contribution in [1.82, 2.24) is 9.80 Å². The molecule has 2 fully saturated rings. The second-order valence-electron chi connectivity index (χ2n) is 6.37. The average Bonchev–Trinajstić information content (AvgIpc) is 3.04. The Morgan fingerprint density at radius 3 is 2.57 bits per heavy atom. The Bertz CT molecular complexity index is 506. The average molecular weight is 355 g/mol. The van der Waals surface area contributed by atoms with Gasteiger partial charge >= 0.3 is 0 Å². The normalized spacial score (nSPS) is 30.8. The van der Waals surface area contributed by atoms with Gasteiger partial charge in [0.1, 0.15) is 0 Å². The Kier molecular flexibility index (Phi) is 4.41. The minimum atomic E-state index is 0.0184. The van der Waals surface area contributed by atoms with Gasteiger partial charge in [-0.05, 0) is 67.6 Å². The molecule has 116 valence electrons. The van der Waals surface area contributed by atoms with Crippen molar-refractivity contribution in [1.29, 1.82) is 0 Å². The van der Waals surface area contributed by atoms with Gasteiger partial charge in [-0.2, -0.15) is 0 Å². The lowest BCUT2D eigenvalue weighted by Crippen LogP contribution is -2.52. The summed E-state index contributed by atoms with van der Waals surface area (Å²) in [5, 5.41) is 0. The highest BCUT2D eigenvalue weighted by molar-refractivity contribution is 9.10. The zero-order valence-corrected chi connectivity index (χ0v) is 14.3. The number of hydrogen-bond acceptors (Lipinski definition) is 3.